The summed E-state index contributed by atoms with van der Waals surface area (Å²) in [5.74, 6) is 0. The van der Waals surface area contributed by atoms with E-state index < -0.39 is 0 Å². The van der Waals surface area contributed by atoms with Gasteiger partial charge in [-0.05, 0) is 66.0 Å². The molecular weight excluding hydrogens is 322 g/mol. The lowest BCUT2D eigenvalue weighted by atomic mass is 10.1. The second-order valence-corrected chi connectivity index (χ2v) is 6.82. The average Bonchev–Trinajstić information content (AvgIpc) is 2.94. The molecule has 2 aromatic rings. The van der Waals surface area contributed by atoms with Crippen molar-refractivity contribution in [3.05, 3.63) is 34.6 Å². The molecule has 0 saturated carbocycles. The molecule has 1 N–H and O–H groups in total. The largest absolute Gasteiger partial charge is 0.392 e. The first-order chi connectivity index (χ1) is 11.7. The monoisotopic (exact) mass is 347 g/mol. The van der Waals surface area contributed by atoms with Gasteiger partial charge in [0, 0.05) is 13.1 Å². The van der Waals surface area contributed by atoms with Gasteiger partial charge in [-0.25, -0.2) is 4.68 Å². The van der Waals surface area contributed by atoms with Crippen molar-refractivity contribution in [1.82, 2.24) is 24.7 Å². The standard InChI is InChI=1S/C17H25N5OS/c1-2-3-5-14-7-9-15(10-8-14)22-17(24)21(18-19-22)13-20-11-4-6-16(23)12-20/h7-10,16,23H,2-6,11-13H2,1H3/t16-/m1/s1. The van der Waals surface area contributed by atoms with Gasteiger partial charge in [0.2, 0.25) is 4.77 Å². The molecule has 0 bridgehead atoms. The van der Waals surface area contributed by atoms with Crippen molar-refractivity contribution in [3.8, 4) is 5.69 Å². The molecule has 1 fully saturated rings. The van der Waals surface area contributed by atoms with Crippen LogP contribution in [0.5, 0.6) is 0 Å². The molecule has 1 aromatic carbocycles. The van der Waals surface area contributed by atoms with Crippen LogP contribution < -0.4 is 0 Å². The van der Waals surface area contributed by atoms with E-state index in [1.165, 1.54) is 18.4 Å². The van der Waals surface area contributed by atoms with Gasteiger partial charge in [0.05, 0.1) is 18.5 Å². The molecule has 0 unspecified atom stereocenters. The third-order valence-corrected chi connectivity index (χ3v) is 4.84. The molecule has 1 saturated heterocycles. The summed E-state index contributed by atoms with van der Waals surface area (Å²) in [6, 6.07) is 8.36. The van der Waals surface area contributed by atoms with Gasteiger partial charge in [0.25, 0.3) is 0 Å². The molecule has 1 atom stereocenters. The lowest BCUT2D eigenvalue weighted by Gasteiger charge is -2.29. The van der Waals surface area contributed by atoms with E-state index >= 15 is 0 Å². The minimum atomic E-state index is -0.251. The number of rotatable bonds is 6. The fraction of sp³-hybridized carbons (Fsp3) is 0.588. The van der Waals surface area contributed by atoms with E-state index in [-0.39, 0.29) is 6.10 Å². The van der Waals surface area contributed by atoms with Gasteiger partial charge in [0.1, 0.15) is 0 Å². The third-order valence-electron chi connectivity index (χ3n) is 4.45. The Bertz CT molecular complexity index is 709. The zero-order valence-electron chi connectivity index (χ0n) is 14.1. The molecule has 0 amide bonds. The number of hydrogen-bond acceptors (Lipinski definition) is 5. The first kappa shape index (κ1) is 17.3. The Morgan fingerprint density at radius 3 is 2.75 bits per heavy atom. The lowest BCUT2D eigenvalue weighted by molar-refractivity contribution is 0.0509. The quantitative estimate of drug-likeness (QED) is 0.814. The molecule has 1 aromatic heterocycles. The Morgan fingerprint density at radius 1 is 1.25 bits per heavy atom. The average molecular weight is 347 g/mol. The molecular formula is C17H25N5OS. The van der Waals surface area contributed by atoms with Crippen molar-refractivity contribution in [2.24, 2.45) is 0 Å². The number of nitrogens with zero attached hydrogens (tertiary/aromatic N) is 5. The first-order valence-corrected chi connectivity index (χ1v) is 9.10. The number of aromatic nitrogens is 4. The maximum Gasteiger partial charge on any atom is 0.221 e. The summed E-state index contributed by atoms with van der Waals surface area (Å²) in [5, 5.41) is 18.2. The van der Waals surface area contributed by atoms with Crippen molar-refractivity contribution < 1.29 is 5.11 Å². The molecule has 0 spiro atoms. The van der Waals surface area contributed by atoms with Gasteiger partial charge in [-0.3, -0.25) is 4.90 Å². The van der Waals surface area contributed by atoms with Gasteiger partial charge in [-0.15, -0.1) is 0 Å². The molecule has 130 valence electrons. The molecule has 24 heavy (non-hydrogen) atoms. The number of likely N-dealkylation sites (tertiary alicyclic amines) is 1. The highest BCUT2D eigenvalue weighted by molar-refractivity contribution is 7.71. The predicted octanol–water partition coefficient (Wildman–Crippen LogP) is 2.56. The first-order valence-electron chi connectivity index (χ1n) is 8.70. The summed E-state index contributed by atoms with van der Waals surface area (Å²) < 4.78 is 3.99. The van der Waals surface area contributed by atoms with Crippen LogP contribution in [-0.4, -0.2) is 49.0 Å². The summed E-state index contributed by atoms with van der Waals surface area (Å²) >= 11 is 5.52. The number of benzene rings is 1. The SMILES string of the molecule is CCCCc1ccc(-n2nnn(CN3CCC[C@@H](O)C3)c2=S)cc1. The van der Waals surface area contributed by atoms with E-state index in [0.717, 1.165) is 31.5 Å². The summed E-state index contributed by atoms with van der Waals surface area (Å²) in [7, 11) is 0. The van der Waals surface area contributed by atoms with Gasteiger partial charge < -0.3 is 5.11 Å². The zero-order chi connectivity index (χ0) is 16.9. The van der Waals surface area contributed by atoms with E-state index in [2.05, 4.69) is 34.4 Å². The van der Waals surface area contributed by atoms with E-state index in [9.17, 15) is 5.11 Å². The van der Waals surface area contributed by atoms with E-state index in [1.54, 1.807) is 9.36 Å². The summed E-state index contributed by atoms with van der Waals surface area (Å²) in [6.45, 7) is 4.40. The number of hydrogen-bond donors (Lipinski definition) is 1. The highest BCUT2D eigenvalue weighted by atomic mass is 32.1. The molecule has 0 aliphatic carbocycles. The van der Waals surface area contributed by atoms with Crippen molar-refractivity contribution in [2.75, 3.05) is 13.1 Å². The van der Waals surface area contributed by atoms with Crippen molar-refractivity contribution >= 4 is 12.2 Å². The van der Waals surface area contributed by atoms with Crippen molar-refractivity contribution in [2.45, 2.75) is 51.8 Å². The number of piperidine rings is 1. The van der Waals surface area contributed by atoms with Crippen LogP contribution in [0, 0.1) is 4.77 Å². The molecule has 3 rings (SSSR count). The minimum Gasteiger partial charge on any atom is -0.392 e. The smallest absolute Gasteiger partial charge is 0.221 e. The van der Waals surface area contributed by atoms with Gasteiger partial charge in [0.15, 0.2) is 0 Å². The maximum atomic E-state index is 9.78. The highest BCUT2D eigenvalue weighted by Gasteiger charge is 2.18. The zero-order valence-corrected chi connectivity index (χ0v) is 15.0. The lowest BCUT2D eigenvalue weighted by Crippen LogP contribution is -2.39. The van der Waals surface area contributed by atoms with E-state index in [0.29, 0.717) is 18.0 Å². The Morgan fingerprint density at radius 2 is 2.04 bits per heavy atom. The van der Waals surface area contributed by atoms with E-state index in [4.69, 9.17) is 12.2 Å². The van der Waals surface area contributed by atoms with Crippen LogP contribution in [0.4, 0.5) is 0 Å². The number of aryl methyl sites for hydroxylation is 1. The van der Waals surface area contributed by atoms with Crippen LogP contribution >= 0.6 is 12.2 Å². The Kier molecular flexibility index (Phi) is 5.76. The van der Waals surface area contributed by atoms with Crippen LogP contribution in [0.15, 0.2) is 24.3 Å². The number of tetrazole rings is 1. The van der Waals surface area contributed by atoms with Crippen LogP contribution in [0.3, 0.4) is 0 Å². The molecule has 1 aliphatic heterocycles. The molecule has 7 heteroatoms. The minimum absolute atomic E-state index is 0.251. The number of aliphatic hydroxyl groups excluding tert-OH is 1. The Hall–Kier alpha value is -1.57. The van der Waals surface area contributed by atoms with Gasteiger partial charge in [-0.2, -0.15) is 4.68 Å². The number of β-amino-alcohol motifs (C(OH)–C–C–N with tert-alkyl or cyclic N) is 1. The molecule has 6 nitrogen and oxygen atoms in total. The highest BCUT2D eigenvalue weighted by Crippen LogP contribution is 2.13. The predicted molar refractivity (Wildman–Crippen MR) is 95.6 cm³/mol. The van der Waals surface area contributed by atoms with Gasteiger partial charge >= 0.3 is 0 Å². The molecule has 1 aliphatic rings. The number of unbranched alkanes of at least 4 members (excludes halogenated alkanes) is 1. The van der Waals surface area contributed by atoms with E-state index in [1.807, 2.05) is 12.1 Å². The number of aliphatic hydroxyl groups is 1. The fourth-order valence-electron chi connectivity index (χ4n) is 3.06. The van der Waals surface area contributed by atoms with Crippen LogP contribution in [0.2, 0.25) is 0 Å². The Labute approximate surface area is 147 Å². The van der Waals surface area contributed by atoms with Crippen LogP contribution in [0.1, 0.15) is 38.2 Å². The third kappa shape index (κ3) is 4.09. The van der Waals surface area contributed by atoms with Crippen LogP contribution in [-0.2, 0) is 13.1 Å². The topological polar surface area (TPSA) is 59.1 Å². The van der Waals surface area contributed by atoms with Crippen LogP contribution in [0.25, 0.3) is 5.69 Å². The van der Waals surface area contributed by atoms with Crippen molar-refractivity contribution in [1.29, 1.82) is 0 Å². The van der Waals surface area contributed by atoms with Crippen molar-refractivity contribution in [3.63, 3.8) is 0 Å². The molecule has 2 heterocycles. The normalized spacial score (nSPS) is 18.8. The van der Waals surface area contributed by atoms with Gasteiger partial charge in [-0.1, -0.05) is 25.5 Å². The second-order valence-electron chi connectivity index (χ2n) is 6.46. The maximum absolute atomic E-state index is 9.78. The second kappa shape index (κ2) is 8.00. The summed E-state index contributed by atoms with van der Waals surface area (Å²) in [5.41, 5.74) is 2.27. The summed E-state index contributed by atoms with van der Waals surface area (Å²) in [6.07, 6.45) is 5.13. The fourth-order valence-corrected chi connectivity index (χ4v) is 3.29. The molecule has 0 radical (unpaired) electrons. The Balaban J connectivity index is 1.71. The summed E-state index contributed by atoms with van der Waals surface area (Å²) in [4.78, 5) is 2.16.